The highest BCUT2D eigenvalue weighted by atomic mass is 16.3. The third-order valence-corrected chi connectivity index (χ3v) is 2.70. The van der Waals surface area contributed by atoms with Crippen LogP contribution in [0.4, 0.5) is 0 Å². The van der Waals surface area contributed by atoms with Gasteiger partial charge in [0, 0.05) is 11.1 Å². The van der Waals surface area contributed by atoms with Gasteiger partial charge in [0.15, 0.2) is 5.82 Å². The summed E-state index contributed by atoms with van der Waals surface area (Å²) in [5.41, 5.74) is 0.701. The number of aromatic nitrogens is 3. The lowest BCUT2D eigenvalue weighted by Crippen LogP contribution is -2.27. The molecule has 2 aromatic rings. The van der Waals surface area contributed by atoms with Crippen LogP contribution >= 0.6 is 0 Å². The maximum absolute atomic E-state index is 9.85. The van der Waals surface area contributed by atoms with Crippen molar-refractivity contribution in [2.75, 3.05) is 0 Å². The molecule has 0 unspecified atom stereocenters. The van der Waals surface area contributed by atoms with Crippen molar-refractivity contribution >= 4 is 0 Å². The Morgan fingerprint density at radius 3 is 2.72 bits per heavy atom. The highest BCUT2D eigenvalue weighted by molar-refractivity contribution is 5.63. The summed E-state index contributed by atoms with van der Waals surface area (Å²) in [6.07, 6.45) is 1.45. The molecule has 1 aromatic heterocycles. The molecule has 0 radical (unpaired) electrons. The molecule has 0 aliphatic heterocycles. The third-order valence-electron chi connectivity index (χ3n) is 2.70. The number of hydrogen-bond donors (Lipinski definition) is 2. The van der Waals surface area contributed by atoms with E-state index in [1.165, 1.54) is 6.33 Å². The van der Waals surface area contributed by atoms with E-state index in [9.17, 15) is 10.2 Å². The van der Waals surface area contributed by atoms with Gasteiger partial charge in [-0.25, -0.2) is 9.67 Å². The SMILES string of the molecule is Cc1c(O)cccc1-c1ncnn1CC(C)(C)O. The van der Waals surface area contributed by atoms with Gasteiger partial charge < -0.3 is 10.2 Å². The Kier molecular flexibility index (Phi) is 3.09. The smallest absolute Gasteiger partial charge is 0.158 e. The van der Waals surface area contributed by atoms with Crippen LogP contribution in [0.25, 0.3) is 11.4 Å². The van der Waals surface area contributed by atoms with Crippen LogP contribution in [0.3, 0.4) is 0 Å². The van der Waals surface area contributed by atoms with Gasteiger partial charge in [0.2, 0.25) is 0 Å². The van der Waals surface area contributed by atoms with E-state index < -0.39 is 5.60 Å². The largest absolute Gasteiger partial charge is 0.508 e. The van der Waals surface area contributed by atoms with E-state index in [2.05, 4.69) is 10.1 Å². The van der Waals surface area contributed by atoms with Crippen LogP contribution in [0.5, 0.6) is 5.75 Å². The van der Waals surface area contributed by atoms with Crippen LogP contribution in [0.1, 0.15) is 19.4 Å². The quantitative estimate of drug-likeness (QED) is 0.866. The van der Waals surface area contributed by atoms with Crippen molar-refractivity contribution in [1.82, 2.24) is 14.8 Å². The normalized spacial score (nSPS) is 11.8. The Morgan fingerprint density at radius 2 is 2.06 bits per heavy atom. The molecule has 0 amide bonds. The molecule has 0 saturated heterocycles. The third kappa shape index (κ3) is 2.51. The average molecular weight is 247 g/mol. The van der Waals surface area contributed by atoms with Gasteiger partial charge in [-0.15, -0.1) is 0 Å². The molecule has 0 fully saturated rings. The molecule has 1 heterocycles. The van der Waals surface area contributed by atoms with Gasteiger partial charge in [-0.2, -0.15) is 5.10 Å². The molecular weight excluding hydrogens is 230 g/mol. The summed E-state index contributed by atoms with van der Waals surface area (Å²) in [5.74, 6) is 0.871. The van der Waals surface area contributed by atoms with Crippen LogP contribution in [-0.2, 0) is 6.54 Å². The topological polar surface area (TPSA) is 71.2 Å². The zero-order valence-corrected chi connectivity index (χ0v) is 10.8. The van der Waals surface area contributed by atoms with E-state index in [4.69, 9.17) is 0 Å². The summed E-state index contributed by atoms with van der Waals surface area (Å²) in [7, 11) is 0. The molecule has 2 rings (SSSR count). The Hall–Kier alpha value is -1.88. The first-order valence-electron chi connectivity index (χ1n) is 5.77. The number of hydrogen-bond acceptors (Lipinski definition) is 4. The number of rotatable bonds is 3. The van der Waals surface area contributed by atoms with Crippen LogP contribution in [-0.4, -0.2) is 30.6 Å². The van der Waals surface area contributed by atoms with Crippen LogP contribution < -0.4 is 0 Å². The zero-order valence-electron chi connectivity index (χ0n) is 10.8. The lowest BCUT2D eigenvalue weighted by atomic mass is 10.1. The molecular formula is C13H17N3O2. The predicted octanol–water partition coefficient (Wildman–Crippen LogP) is 1.73. The molecule has 5 nitrogen and oxygen atoms in total. The first kappa shape index (κ1) is 12.6. The van der Waals surface area contributed by atoms with Crippen molar-refractivity contribution in [3.63, 3.8) is 0 Å². The molecule has 2 N–H and O–H groups in total. The molecule has 0 aliphatic rings. The summed E-state index contributed by atoms with van der Waals surface area (Å²) in [5, 5.41) is 23.7. The fourth-order valence-corrected chi connectivity index (χ4v) is 1.82. The van der Waals surface area contributed by atoms with Gasteiger partial charge in [0.05, 0.1) is 12.1 Å². The number of benzene rings is 1. The summed E-state index contributed by atoms with van der Waals surface area (Å²) in [6, 6.07) is 5.27. The van der Waals surface area contributed by atoms with Crippen LogP contribution in [0, 0.1) is 6.92 Å². The number of phenolic OH excluding ortho intramolecular Hbond substituents is 1. The fourth-order valence-electron chi connectivity index (χ4n) is 1.82. The molecule has 18 heavy (non-hydrogen) atoms. The number of nitrogens with zero attached hydrogens (tertiary/aromatic N) is 3. The molecule has 1 aromatic carbocycles. The van der Waals surface area contributed by atoms with Gasteiger partial charge >= 0.3 is 0 Å². The van der Waals surface area contributed by atoms with Crippen molar-refractivity contribution in [2.45, 2.75) is 32.9 Å². The molecule has 0 saturated carbocycles. The van der Waals surface area contributed by atoms with Gasteiger partial charge in [0.1, 0.15) is 12.1 Å². The lowest BCUT2D eigenvalue weighted by molar-refractivity contribution is 0.0582. The van der Waals surface area contributed by atoms with E-state index >= 15 is 0 Å². The highest BCUT2D eigenvalue weighted by Crippen LogP contribution is 2.27. The monoisotopic (exact) mass is 247 g/mol. The second kappa shape index (κ2) is 4.42. The van der Waals surface area contributed by atoms with Crippen molar-refractivity contribution in [2.24, 2.45) is 0 Å². The van der Waals surface area contributed by atoms with E-state index in [1.807, 2.05) is 13.0 Å². The fraction of sp³-hybridized carbons (Fsp3) is 0.385. The Bertz CT molecular complexity index is 556. The van der Waals surface area contributed by atoms with Crippen molar-refractivity contribution in [1.29, 1.82) is 0 Å². The number of aliphatic hydroxyl groups is 1. The first-order chi connectivity index (χ1) is 8.38. The molecule has 96 valence electrons. The summed E-state index contributed by atoms with van der Waals surface area (Å²) >= 11 is 0. The molecule has 0 aliphatic carbocycles. The minimum atomic E-state index is -0.868. The van der Waals surface area contributed by atoms with Crippen molar-refractivity contribution in [3.05, 3.63) is 30.1 Å². The van der Waals surface area contributed by atoms with Gasteiger partial charge in [-0.05, 0) is 26.8 Å². The second-order valence-electron chi connectivity index (χ2n) is 5.00. The predicted molar refractivity (Wildman–Crippen MR) is 68.2 cm³/mol. The van der Waals surface area contributed by atoms with Gasteiger partial charge in [-0.1, -0.05) is 12.1 Å². The van der Waals surface area contributed by atoms with Gasteiger partial charge in [-0.3, -0.25) is 0 Å². The first-order valence-corrected chi connectivity index (χ1v) is 5.77. The zero-order chi connectivity index (χ0) is 13.3. The summed E-state index contributed by atoms with van der Waals surface area (Å²) in [4.78, 5) is 4.20. The van der Waals surface area contributed by atoms with Crippen molar-refractivity contribution in [3.8, 4) is 17.1 Å². The molecule has 0 atom stereocenters. The maximum Gasteiger partial charge on any atom is 0.158 e. The van der Waals surface area contributed by atoms with Crippen LogP contribution in [0.2, 0.25) is 0 Å². The van der Waals surface area contributed by atoms with E-state index in [0.29, 0.717) is 12.4 Å². The molecule has 0 bridgehead atoms. The molecule has 5 heteroatoms. The number of phenols is 1. The Morgan fingerprint density at radius 1 is 1.33 bits per heavy atom. The maximum atomic E-state index is 9.85. The van der Waals surface area contributed by atoms with E-state index in [0.717, 1.165) is 11.1 Å². The Balaban J connectivity index is 2.46. The summed E-state index contributed by atoms with van der Waals surface area (Å²) in [6.45, 7) is 5.60. The second-order valence-corrected chi connectivity index (χ2v) is 5.00. The highest BCUT2D eigenvalue weighted by Gasteiger charge is 2.18. The van der Waals surface area contributed by atoms with Gasteiger partial charge in [0.25, 0.3) is 0 Å². The standard InChI is InChI=1S/C13H17N3O2/c1-9-10(5-4-6-11(9)17)12-14-8-15-16(12)7-13(2,3)18/h4-6,8,17-18H,7H2,1-3H3. The number of aromatic hydroxyl groups is 1. The van der Waals surface area contributed by atoms with Crippen LogP contribution in [0.15, 0.2) is 24.5 Å². The minimum Gasteiger partial charge on any atom is -0.508 e. The summed E-state index contributed by atoms with van der Waals surface area (Å²) < 4.78 is 1.64. The Labute approximate surface area is 106 Å². The minimum absolute atomic E-state index is 0.227. The van der Waals surface area contributed by atoms with E-state index in [-0.39, 0.29) is 5.75 Å². The molecule has 0 spiro atoms. The average Bonchev–Trinajstić information content (AvgIpc) is 2.67. The lowest BCUT2D eigenvalue weighted by Gasteiger charge is -2.18. The van der Waals surface area contributed by atoms with Crippen molar-refractivity contribution < 1.29 is 10.2 Å². The van der Waals surface area contributed by atoms with E-state index in [1.54, 1.807) is 30.7 Å².